The zero-order valence-electron chi connectivity index (χ0n) is 13.1. The molecule has 2 heterocycles. The number of pyridine rings is 1. The van der Waals surface area contributed by atoms with Crippen LogP contribution in [0.1, 0.15) is 16.1 Å². The quantitative estimate of drug-likeness (QED) is 0.787. The van der Waals surface area contributed by atoms with Gasteiger partial charge < -0.3 is 14.4 Å². The normalized spacial score (nSPS) is 18.0. The van der Waals surface area contributed by atoms with Crippen LogP contribution < -0.4 is 0 Å². The Bertz CT molecular complexity index is 759. The number of amides is 1. The van der Waals surface area contributed by atoms with Gasteiger partial charge in [-0.15, -0.1) is 0 Å². The minimum Gasteiger partial charge on any atom is -0.467 e. The van der Waals surface area contributed by atoms with Crippen molar-refractivity contribution in [2.24, 2.45) is 0 Å². The molecule has 6 nitrogen and oxygen atoms in total. The predicted octanol–water partition coefficient (Wildman–Crippen LogP) is 1.56. The van der Waals surface area contributed by atoms with Crippen LogP contribution in [0.4, 0.5) is 0 Å². The summed E-state index contributed by atoms with van der Waals surface area (Å²) in [6.07, 6.45) is -0.720. The van der Waals surface area contributed by atoms with E-state index in [-0.39, 0.29) is 12.5 Å². The molecule has 0 spiro atoms. The van der Waals surface area contributed by atoms with Crippen molar-refractivity contribution in [2.45, 2.75) is 13.0 Å². The smallest absolute Gasteiger partial charge is 0.336 e. The molecule has 3 rings (SSSR count). The van der Waals surface area contributed by atoms with Crippen molar-refractivity contribution in [3.8, 4) is 0 Å². The number of morpholine rings is 1. The van der Waals surface area contributed by atoms with Gasteiger partial charge in [-0.25, -0.2) is 4.79 Å². The molecule has 0 N–H and O–H groups in total. The van der Waals surface area contributed by atoms with Crippen LogP contribution in [-0.2, 0) is 14.3 Å². The largest absolute Gasteiger partial charge is 0.467 e. The maximum atomic E-state index is 12.7. The van der Waals surface area contributed by atoms with E-state index in [4.69, 9.17) is 4.74 Å². The Morgan fingerprint density at radius 2 is 2.13 bits per heavy atom. The van der Waals surface area contributed by atoms with Gasteiger partial charge in [0.25, 0.3) is 5.91 Å². The molecular formula is C17H18N2O4. The lowest BCUT2D eigenvalue weighted by atomic mass is 10.1. The van der Waals surface area contributed by atoms with Crippen molar-refractivity contribution in [1.29, 1.82) is 0 Å². The van der Waals surface area contributed by atoms with Crippen LogP contribution in [0.3, 0.4) is 0 Å². The molecule has 0 saturated carbocycles. The van der Waals surface area contributed by atoms with E-state index >= 15 is 0 Å². The zero-order chi connectivity index (χ0) is 16.4. The summed E-state index contributed by atoms with van der Waals surface area (Å²) in [5, 5.41) is 0.916. The number of aryl methyl sites for hydroxylation is 1. The minimum atomic E-state index is -0.720. The molecule has 0 radical (unpaired) electrons. The third-order valence-corrected chi connectivity index (χ3v) is 3.89. The lowest BCUT2D eigenvalue weighted by Crippen LogP contribution is -2.48. The third-order valence-electron chi connectivity index (χ3n) is 3.89. The van der Waals surface area contributed by atoms with Crippen LogP contribution in [0, 0.1) is 6.92 Å². The van der Waals surface area contributed by atoms with Gasteiger partial charge in [0.1, 0.15) is 0 Å². The van der Waals surface area contributed by atoms with Crippen molar-refractivity contribution in [3.05, 3.63) is 41.6 Å². The highest BCUT2D eigenvalue weighted by Gasteiger charge is 2.30. The maximum Gasteiger partial charge on any atom is 0.336 e. The van der Waals surface area contributed by atoms with E-state index in [1.807, 2.05) is 31.2 Å². The van der Waals surface area contributed by atoms with E-state index in [1.54, 1.807) is 11.0 Å². The maximum absolute atomic E-state index is 12.7. The minimum absolute atomic E-state index is 0.121. The molecule has 1 saturated heterocycles. The first-order valence-corrected chi connectivity index (χ1v) is 7.44. The van der Waals surface area contributed by atoms with Crippen molar-refractivity contribution < 1.29 is 19.1 Å². The number of methoxy groups -OCH3 is 1. The molecule has 0 aliphatic carbocycles. The Hall–Kier alpha value is -2.47. The second kappa shape index (κ2) is 6.34. The monoisotopic (exact) mass is 314 g/mol. The van der Waals surface area contributed by atoms with Crippen LogP contribution in [0.15, 0.2) is 30.3 Å². The molecule has 1 aromatic carbocycles. The molecule has 2 aromatic rings. The molecule has 1 atom stereocenters. The summed E-state index contributed by atoms with van der Waals surface area (Å²) in [5.74, 6) is -0.578. The van der Waals surface area contributed by atoms with Crippen molar-refractivity contribution in [3.63, 3.8) is 0 Å². The highest BCUT2D eigenvalue weighted by Crippen LogP contribution is 2.17. The van der Waals surface area contributed by atoms with E-state index < -0.39 is 12.1 Å². The Morgan fingerprint density at radius 1 is 1.30 bits per heavy atom. The van der Waals surface area contributed by atoms with Gasteiger partial charge in [-0.2, -0.15) is 0 Å². The fourth-order valence-electron chi connectivity index (χ4n) is 2.65. The van der Waals surface area contributed by atoms with Gasteiger partial charge >= 0.3 is 5.97 Å². The average Bonchev–Trinajstić information content (AvgIpc) is 2.60. The number of aromatic nitrogens is 1. The lowest BCUT2D eigenvalue weighted by Gasteiger charge is -2.31. The van der Waals surface area contributed by atoms with Gasteiger partial charge in [-0.3, -0.25) is 9.78 Å². The van der Waals surface area contributed by atoms with Crippen LogP contribution >= 0.6 is 0 Å². The molecule has 1 aliphatic rings. The average molecular weight is 314 g/mol. The Kier molecular flexibility index (Phi) is 4.25. The highest BCUT2D eigenvalue weighted by atomic mass is 16.6. The molecule has 1 aliphatic heterocycles. The molecule has 6 heteroatoms. The highest BCUT2D eigenvalue weighted by molar-refractivity contribution is 5.98. The molecule has 0 bridgehead atoms. The second-order valence-corrected chi connectivity index (χ2v) is 5.49. The molecule has 1 amide bonds. The number of esters is 1. The Balaban J connectivity index is 1.82. The fourth-order valence-corrected chi connectivity index (χ4v) is 2.65. The predicted molar refractivity (Wildman–Crippen MR) is 84.1 cm³/mol. The van der Waals surface area contributed by atoms with Crippen LogP contribution in [-0.4, -0.2) is 54.7 Å². The summed E-state index contributed by atoms with van der Waals surface area (Å²) in [5.41, 5.74) is 2.37. The number of rotatable bonds is 2. The number of fused-ring (bicyclic) bond motifs is 1. The first-order valence-electron chi connectivity index (χ1n) is 7.44. The summed E-state index contributed by atoms with van der Waals surface area (Å²) in [7, 11) is 1.31. The third kappa shape index (κ3) is 3.17. The second-order valence-electron chi connectivity index (χ2n) is 5.49. The number of nitrogens with zero attached hydrogens (tertiary/aromatic N) is 2. The first-order chi connectivity index (χ1) is 11.1. The number of ether oxygens (including phenoxy) is 2. The summed E-state index contributed by atoms with van der Waals surface area (Å²) in [6.45, 7) is 2.91. The van der Waals surface area contributed by atoms with Gasteiger partial charge in [0.05, 0.1) is 25.8 Å². The summed E-state index contributed by atoms with van der Waals surface area (Å²) < 4.78 is 10.0. The molecule has 120 valence electrons. The van der Waals surface area contributed by atoms with E-state index in [0.717, 1.165) is 16.6 Å². The van der Waals surface area contributed by atoms with E-state index in [1.165, 1.54) is 7.11 Å². The Labute approximate surface area is 134 Å². The van der Waals surface area contributed by atoms with Gasteiger partial charge in [0.15, 0.2) is 6.10 Å². The van der Waals surface area contributed by atoms with Crippen LogP contribution in [0.2, 0.25) is 0 Å². The summed E-state index contributed by atoms with van der Waals surface area (Å²) in [6, 6.07) is 9.30. The number of benzene rings is 1. The van der Waals surface area contributed by atoms with Crippen LogP contribution in [0.5, 0.6) is 0 Å². The first kappa shape index (κ1) is 15.4. The van der Waals surface area contributed by atoms with Crippen molar-refractivity contribution >= 4 is 22.8 Å². The summed E-state index contributed by atoms with van der Waals surface area (Å²) in [4.78, 5) is 30.3. The zero-order valence-corrected chi connectivity index (χ0v) is 13.1. The summed E-state index contributed by atoms with van der Waals surface area (Å²) >= 11 is 0. The molecule has 1 aromatic heterocycles. The van der Waals surface area contributed by atoms with Gasteiger partial charge in [0, 0.05) is 23.2 Å². The van der Waals surface area contributed by atoms with Gasteiger partial charge in [-0.1, -0.05) is 6.07 Å². The number of hydrogen-bond acceptors (Lipinski definition) is 5. The van der Waals surface area contributed by atoms with E-state index in [2.05, 4.69) is 9.72 Å². The molecular weight excluding hydrogens is 296 g/mol. The molecule has 1 unspecified atom stereocenters. The number of carbonyl (C=O) groups excluding carboxylic acids is 2. The van der Waals surface area contributed by atoms with Crippen molar-refractivity contribution in [1.82, 2.24) is 9.88 Å². The number of hydrogen-bond donors (Lipinski definition) is 0. The standard InChI is InChI=1S/C17H18N2O4/c1-11-3-4-12-9-13(5-6-14(12)18-11)16(20)19-7-8-23-15(10-19)17(21)22-2/h3-6,9,15H,7-8,10H2,1-2H3. The van der Waals surface area contributed by atoms with E-state index in [0.29, 0.717) is 18.7 Å². The Morgan fingerprint density at radius 3 is 2.91 bits per heavy atom. The lowest BCUT2D eigenvalue weighted by molar-refractivity contribution is -0.158. The molecule has 1 fully saturated rings. The van der Waals surface area contributed by atoms with Crippen molar-refractivity contribution in [2.75, 3.05) is 26.8 Å². The van der Waals surface area contributed by atoms with E-state index in [9.17, 15) is 9.59 Å². The fraction of sp³-hybridized carbons (Fsp3) is 0.353. The topological polar surface area (TPSA) is 68.7 Å². The van der Waals surface area contributed by atoms with Gasteiger partial charge in [-0.05, 0) is 31.2 Å². The SMILES string of the molecule is COC(=O)C1CN(C(=O)c2ccc3nc(C)ccc3c2)CCO1. The number of carbonyl (C=O) groups is 2. The van der Waals surface area contributed by atoms with Gasteiger partial charge in [0.2, 0.25) is 0 Å². The van der Waals surface area contributed by atoms with Crippen LogP contribution in [0.25, 0.3) is 10.9 Å². The molecule has 23 heavy (non-hydrogen) atoms.